The molecule has 3 aliphatic rings. The molecule has 11 heteroatoms. The average molecular weight is 462 g/mol. The summed E-state index contributed by atoms with van der Waals surface area (Å²) >= 11 is 6.08. The van der Waals surface area contributed by atoms with Gasteiger partial charge in [0.1, 0.15) is 12.4 Å². The van der Waals surface area contributed by atoms with Gasteiger partial charge >= 0.3 is 12.2 Å². The molecule has 0 radical (unpaired) electrons. The number of nitrogens with zero attached hydrogens (tertiary/aromatic N) is 2. The number of piperidine rings is 1. The zero-order chi connectivity index (χ0) is 22.2. The lowest BCUT2D eigenvalue weighted by Gasteiger charge is -2.42. The van der Waals surface area contributed by atoms with Crippen molar-refractivity contribution < 1.29 is 32.2 Å². The number of carbonyl (C=O) groups excluding carboxylic acids is 2. The van der Waals surface area contributed by atoms with Crippen LogP contribution >= 0.6 is 11.6 Å². The van der Waals surface area contributed by atoms with Gasteiger partial charge in [0, 0.05) is 37.1 Å². The number of halogens is 4. The summed E-state index contributed by atoms with van der Waals surface area (Å²) in [6, 6.07) is 4.27. The second kappa shape index (κ2) is 8.74. The van der Waals surface area contributed by atoms with Crippen LogP contribution in [-0.4, -0.2) is 79.5 Å². The molecule has 3 fully saturated rings. The fourth-order valence-corrected chi connectivity index (χ4v) is 4.58. The number of amides is 3. The molecule has 3 aliphatic heterocycles. The number of nitrogens with one attached hydrogen (secondary N) is 1. The van der Waals surface area contributed by atoms with Crippen LogP contribution < -0.4 is 10.1 Å². The molecule has 7 nitrogen and oxygen atoms in total. The number of alkyl halides is 3. The summed E-state index contributed by atoms with van der Waals surface area (Å²) in [4.78, 5) is 28.0. The maximum Gasteiger partial charge on any atom is 0.422 e. The Kier molecular flexibility index (Phi) is 6.20. The van der Waals surface area contributed by atoms with E-state index in [2.05, 4.69) is 5.32 Å². The molecular weight excluding hydrogens is 439 g/mol. The highest BCUT2D eigenvalue weighted by Gasteiger charge is 2.39. The Hall–Kier alpha value is -2.20. The Balaban J connectivity index is 1.37. The first-order chi connectivity index (χ1) is 14.7. The molecule has 0 spiro atoms. The van der Waals surface area contributed by atoms with E-state index in [1.807, 2.05) is 0 Å². The zero-order valence-electron chi connectivity index (χ0n) is 16.7. The first-order valence-electron chi connectivity index (χ1n) is 10.1. The lowest BCUT2D eigenvalue weighted by atomic mass is 9.98. The summed E-state index contributed by atoms with van der Waals surface area (Å²) in [5, 5.41) is 3.16. The van der Waals surface area contributed by atoms with Crippen LogP contribution in [0.15, 0.2) is 18.2 Å². The molecule has 0 saturated carbocycles. The van der Waals surface area contributed by atoms with Gasteiger partial charge in [-0.1, -0.05) is 11.6 Å². The maximum absolute atomic E-state index is 13.0. The Morgan fingerprint density at radius 2 is 1.94 bits per heavy atom. The highest BCUT2D eigenvalue weighted by Crippen LogP contribution is 2.33. The van der Waals surface area contributed by atoms with E-state index in [0.29, 0.717) is 39.0 Å². The number of urea groups is 1. The van der Waals surface area contributed by atoms with Crippen LogP contribution in [0.3, 0.4) is 0 Å². The van der Waals surface area contributed by atoms with E-state index in [1.165, 1.54) is 6.07 Å². The van der Waals surface area contributed by atoms with Crippen LogP contribution in [0.5, 0.6) is 5.75 Å². The number of benzene rings is 1. The van der Waals surface area contributed by atoms with Crippen LogP contribution in [0.1, 0.15) is 24.3 Å². The Bertz CT molecular complexity index is 853. The second-order valence-corrected chi connectivity index (χ2v) is 8.53. The predicted octanol–water partition coefficient (Wildman–Crippen LogP) is 2.78. The third-order valence-corrected chi connectivity index (χ3v) is 6.04. The van der Waals surface area contributed by atoms with Gasteiger partial charge in [-0.2, -0.15) is 13.2 Å². The van der Waals surface area contributed by atoms with Gasteiger partial charge in [0.05, 0.1) is 12.1 Å². The van der Waals surface area contributed by atoms with Crippen molar-refractivity contribution in [3.8, 4) is 5.75 Å². The third-order valence-electron chi connectivity index (χ3n) is 5.82. The van der Waals surface area contributed by atoms with Crippen molar-refractivity contribution in [1.29, 1.82) is 0 Å². The molecule has 3 amide bonds. The number of fused-ring (bicyclic) bond motifs is 1. The summed E-state index contributed by atoms with van der Waals surface area (Å²) in [5.41, 5.74) is 0.742. The Labute approximate surface area is 182 Å². The SMILES string of the molecule is O=C1CO[C@H]2CCN(C(=O)N3CCC(c4cc(Cl)cc(OCC(F)(F)F)c4)C3)CC2N1. The molecule has 0 aromatic heterocycles. The van der Waals surface area contributed by atoms with Crippen molar-refractivity contribution in [2.75, 3.05) is 39.4 Å². The van der Waals surface area contributed by atoms with Crippen LogP contribution in [0.25, 0.3) is 0 Å². The van der Waals surface area contributed by atoms with E-state index in [-0.39, 0.29) is 47.4 Å². The number of likely N-dealkylation sites (tertiary alicyclic amines) is 2. The minimum Gasteiger partial charge on any atom is -0.484 e. The normalized spacial score (nSPS) is 26.5. The Morgan fingerprint density at radius 3 is 2.71 bits per heavy atom. The third kappa shape index (κ3) is 5.35. The fraction of sp³-hybridized carbons (Fsp3) is 0.600. The summed E-state index contributed by atoms with van der Waals surface area (Å²) < 4.78 is 47.7. The molecule has 1 aromatic carbocycles. The predicted molar refractivity (Wildman–Crippen MR) is 105 cm³/mol. The van der Waals surface area contributed by atoms with Crippen molar-refractivity contribution in [2.24, 2.45) is 0 Å². The summed E-state index contributed by atoms with van der Waals surface area (Å²) in [7, 11) is 0. The molecule has 1 aromatic rings. The molecule has 4 rings (SSSR count). The zero-order valence-corrected chi connectivity index (χ0v) is 17.4. The number of hydrogen-bond donors (Lipinski definition) is 1. The van der Waals surface area contributed by atoms with Gasteiger partial charge < -0.3 is 24.6 Å². The van der Waals surface area contributed by atoms with E-state index < -0.39 is 12.8 Å². The van der Waals surface area contributed by atoms with Crippen LogP contribution in [0.4, 0.5) is 18.0 Å². The standard InChI is InChI=1S/C20H23ClF3N3O4/c21-14-5-13(6-15(7-14)31-11-20(22,23)24)12-1-3-26(8-12)19(29)27-4-2-17-16(9-27)25-18(28)10-30-17/h5-7,12,16-17H,1-4,8-11H2,(H,25,28)/t12?,16?,17-/m0/s1. The van der Waals surface area contributed by atoms with Gasteiger partial charge in [0.25, 0.3) is 0 Å². The quantitative estimate of drug-likeness (QED) is 0.751. The lowest BCUT2D eigenvalue weighted by molar-refractivity contribution is -0.153. The van der Waals surface area contributed by atoms with Crippen LogP contribution in [0, 0.1) is 0 Å². The lowest BCUT2D eigenvalue weighted by Crippen LogP contribution is -2.62. The van der Waals surface area contributed by atoms with Gasteiger partial charge in [-0.05, 0) is 36.6 Å². The Morgan fingerprint density at radius 1 is 1.19 bits per heavy atom. The topological polar surface area (TPSA) is 71.1 Å². The van der Waals surface area contributed by atoms with Gasteiger partial charge in [-0.25, -0.2) is 4.79 Å². The van der Waals surface area contributed by atoms with Crippen molar-refractivity contribution in [2.45, 2.75) is 37.1 Å². The monoisotopic (exact) mass is 461 g/mol. The summed E-state index contributed by atoms with van der Waals surface area (Å²) in [5.74, 6) is -0.174. The summed E-state index contributed by atoms with van der Waals surface area (Å²) in [6.45, 7) is 0.566. The number of morpholine rings is 1. The molecule has 0 aliphatic carbocycles. The molecule has 31 heavy (non-hydrogen) atoms. The molecule has 3 heterocycles. The van der Waals surface area contributed by atoms with E-state index in [9.17, 15) is 22.8 Å². The van der Waals surface area contributed by atoms with Crippen molar-refractivity contribution >= 4 is 23.5 Å². The van der Waals surface area contributed by atoms with E-state index in [4.69, 9.17) is 21.1 Å². The van der Waals surface area contributed by atoms with Gasteiger partial charge in [-0.15, -0.1) is 0 Å². The molecule has 1 N–H and O–H groups in total. The van der Waals surface area contributed by atoms with Crippen molar-refractivity contribution in [1.82, 2.24) is 15.1 Å². The average Bonchev–Trinajstić information content (AvgIpc) is 3.20. The van der Waals surface area contributed by atoms with Gasteiger partial charge in [-0.3, -0.25) is 4.79 Å². The van der Waals surface area contributed by atoms with E-state index in [1.54, 1.807) is 21.9 Å². The smallest absolute Gasteiger partial charge is 0.422 e. The minimum atomic E-state index is -4.44. The number of rotatable bonds is 3. The molecule has 0 bridgehead atoms. The minimum absolute atomic E-state index is 0.0499. The van der Waals surface area contributed by atoms with E-state index in [0.717, 1.165) is 5.56 Å². The second-order valence-electron chi connectivity index (χ2n) is 8.10. The number of ether oxygens (including phenoxy) is 2. The highest BCUT2D eigenvalue weighted by molar-refractivity contribution is 6.30. The fourth-order valence-electron chi connectivity index (χ4n) is 4.35. The molecule has 2 unspecified atom stereocenters. The number of carbonyl (C=O) groups is 2. The largest absolute Gasteiger partial charge is 0.484 e. The van der Waals surface area contributed by atoms with Gasteiger partial charge in [0.2, 0.25) is 5.91 Å². The van der Waals surface area contributed by atoms with Crippen LogP contribution in [-0.2, 0) is 9.53 Å². The molecule has 3 saturated heterocycles. The first-order valence-corrected chi connectivity index (χ1v) is 10.5. The first kappa shape index (κ1) is 22.0. The molecule has 170 valence electrons. The van der Waals surface area contributed by atoms with E-state index >= 15 is 0 Å². The van der Waals surface area contributed by atoms with Crippen molar-refractivity contribution in [3.05, 3.63) is 28.8 Å². The maximum atomic E-state index is 13.0. The van der Waals surface area contributed by atoms with Gasteiger partial charge in [0.15, 0.2) is 6.61 Å². The molecule has 3 atom stereocenters. The highest BCUT2D eigenvalue weighted by atomic mass is 35.5. The number of hydrogen-bond acceptors (Lipinski definition) is 4. The van der Waals surface area contributed by atoms with Crippen molar-refractivity contribution in [3.63, 3.8) is 0 Å². The summed E-state index contributed by atoms with van der Waals surface area (Å²) in [6.07, 6.45) is -3.18. The van der Waals surface area contributed by atoms with Crippen LogP contribution in [0.2, 0.25) is 5.02 Å². The molecular formula is C20H23ClF3N3O4.